The van der Waals surface area contributed by atoms with Crippen LogP contribution in [0.4, 0.5) is 0 Å². The van der Waals surface area contributed by atoms with Gasteiger partial charge in [0.1, 0.15) is 11.5 Å². The van der Waals surface area contributed by atoms with Gasteiger partial charge >= 0.3 is 0 Å². The van der Waals surface area contributed by atoms with Gasteiger partial charge in [0.05, 0.1) is 5.69 Å². The summed E-state index contributed by atoms with van der Waals surface area (Å²) in [6.45, 7) is 4.65. The van der Waals surface area contributed by atoms with E-state index in [0.717, 1.165) is 34.5 Å². The summed E-state index contributed by atoms with van der Waals surface area (Å²) in [5.41, 5.74) is 11.1. The van der Waals surface area contributed by atoms with Crippen LogP contribution in [0.2, 0.25) is 0 Å². The summed E-state index contributed by atoms with van der Waals surface area (Å²) < 4.78 is 0. The number of aromatic nitrogens is 3. The Bertz CT molecular complexity index is 758. The summed E-state index contributed by atoms with van der Waals surface area (Å²) in [6.07, 6.45) is 2.82. The average molecular weight is 266 g/mol. The maximum Gasteiger partial charge on any atom is 0.141 e. The van der Waals surface area contributed by atoms with Gasteiger partial charge in [-0.3, -0.25) is 0 Å². The minimum absolute atomic E-state index is 0.619. The first-order valence-electron chi connectivity index (χ1n) is 6.81. The molecule has 20 heavy (non-hydrogen) atoms. The van der Waals surface area contributed by atoms with Crippen molar-refractivity contribution >= 4 is 11.0 Å². The van der Waals surface area contributed by atoms with Crippen LogP contribution in [0.25, 0.3) is 22.3 Å². The number of hydrogen-bond acceptors (Lipinski definition) is 3. The number of hydrogen-bond donors (Lipinski definition) is 2. The molecule has 0 atom stereocenters. The zero-order chi connectivity index (χ0) is 14.1. The Kier molecular flexibility index (Phi) is 3.24. The maximum absolute atomic E-state index is 5.70. The first-order valence-corrected chi connectivity index (χ1v) is 6.81. The Balaban J connectivity index is 2.33. The molecule has 4 heteroatoms. The summed E-state index contributed by atoms with van der Waals surface area (Å²) >= 11 is 0. The lowest BCUT2D eigenvalue weighted by atomic mass is 10.0. The fraction of sp³-hybridized carbons (Fsp3) is 0.250. The van der Waals surface area contributed by atoms with Gasteiger partial charge in [0.15, 0.2) is 0 Å². The molecule has 0 saturated heterocycles. The van der Waals surface area contributed by atoms with Gasteiger partial charge in [-0.25, -0.2) is 9.97 Å². The second kappa shape index (κ2) is 5.06. The minimum Gasteiger partial charge on any atom is -0.346 e. The third-order valence-corrected chi connectivity index (χ3v) is 3.54. The molecule has 2 heterocycles. The van der Waals surface area contributed by atoms with Crippen molar-refractivity contribution in [2.75, 3.05) is 6.54 Å². The standard InChI is InChI=1S/C16H18N4/c1-10-5-3-4-6-13(10)15-14-12(7-8-17)9-18-16(14)20-11(2)19-15/h3-6,9H,7-8,17H2,1-2H3,(H,18,19,20). The molecule has 0 spiro atoms. The van der Waals surface area contributed by atoms with E-state index in [1.807, 2.05) is 25.3 Å². The minimum atomic E-state index is 0.619. The monoisotopic (exact) mass is 266 g/mol. The SMILES string of the molecule is Cc1nc(-c2ccccc2C)c2c(CCN)c[nH]c2n1. The van der Waals surface area contributed by atoms with E-state index in [1.165, 1.54) is 11.1 Å². The molecule has 4 nitrogen and oxygen atoms in total. The van der Waals surface area contributed by atoms with Crippen LogP contribution in [0.1, 0.15) is 17.0 Å². The van der Waals surface area contributed by atoms with Gasteiger partial charge in [0.25, 0.3) is 0 Å². The highest BCUT2D eigenvalue weighted by Gasteiger charge is 2.14. The molecule has 0 aliphatic carbocycles. The molecule has 3 rings (SSSR count). The van der Waals surface area contributed by atoms with E-state index in [2.05, 4.69) is 34.0 Å². The number of aryl methyl sites for hydroxylation is 2. The van der Waals surface area contributed by atoms with Gasteiger partial charge in [0.2, 0.25) is 0 Å². The van der Waals surface area contributed by atoms with E-state index in [-0.39, 0.29) is 0 Å². The molecule has 2 aromatic heterocycles. The van der Waals surface area contributed by atoms with Crippen LogP contribution in [-0.4, -0.2) is 21.5 Å². The molecule has 0 radical (unpaired) electrons. The van der Waals surface area contributed by atoms with Crippen molar-refractivity contribution < 1.29 is 0 Å². The third kappa shape index (κ3) is 2.08. The van der Waals surface area contributed by atoms with E-state index < -0.39 is 0 Å². The summed E-state index contributed by atoms with van der Waals surface area (Å²) in [4.78, 5) is 12.4. The zero-order valence-electron chi connectivity index (χ0n) is 11.8. The van der Waals surface area contributed by atoms with Crippen LogP contribution < -0.4 is 5.73 Å². The molecule has 1 aromatic carbocycles. The number of nitrogens with zero attached hydrogens (tertiary/aromatic N) is 2. The molecule has 0 aliphatic heterocycles. The van der Waals surface area contributed by atoms with Crippen LogP contribution >= 0.6 is 0 Å². The van der Waals surface area contributed by atoms with Crippen molar-refractivity contribution in [2.24, 2.45) is 5.73 Å². The number of rotatable bonds is 3. The molecule has 0 amide bonds. The second-order valence-corrected chi connectivity index (χ2v) is 5.01. The van der Waals surface area contributed by atoms with E-state index >= 15 is 0 Å². The van der Waals surface area contributed by atoms with Crippen molar-refractivity contribution in [2.45, 2.75) is 20.3 Å². The molecule has 102 valence electrons. The van der Waals surface area contributed by atoms with Gasteiger partial charge in [-0.2, -0.15) is 0 Å². The Morgan fingerprint density at radius 2 is 1.95 bits per heavy atom. The second-order valence-electron chi connectivity index (χ2n) is 5.01. The molecule has 0 bridgehead atoms. The van der Waals surface area contributed by atoms with Gasteiger partial charge < -0.3 is 10.7 Å². The smallest absolute Gasteiger partial charge is 0.141 e. The predicted molar refractivity (Wildman–Crippen MR) is 81.6 cm³/mol. The number of aromatic amines is 1. The maximum atomic E-state index is 5.70. The first kappa shape index (κ1) is 12.8. The topological polar surface area (TPSA) is 67.6 Å². The van der Waals surface area contributed by atoms with Crippen molar-refractivity contribution in [3.63, 3.8) is 0 Å². The van der Waals surface area contributed by atoms with Gasteiger partial charge in [-0.1, -0.05) is 24.3 Å². The first-order chi connectivity index (χ1) is 9.70. The molecule has 3 aromatic rings. The van der Waals surface area contributed by atoms with E-state index in [1.54, 1.807) is 0 Å². The van der Waals surface area contributed by atoms with Crippen molar-refractivity contribution in [1.29, 1.82) is 0 Å². The molecule has 0 unspecified atom stereocenters. The van der Waals surface area contributed by atoms with Crippen LogP contribution in [-0.2, 0) is 6.42 Å². The van der Waals surface area contributed by atoms with Crippen molar-refractivity contribution in [1.82, 2.24) is 15.0 Å². The van der Waals surface area contributed by atoms with Crippen LogP contribution in [0.3, 0.4) is 0 Å². The van der Waals surface area contributed by atoms with Gasteiger partial charge in [-0.15, -0.1) is 0 Å². The predicted octanol–water partition coefficient (Wildman–Crippen LogP) is 2.74. The lowest BCUT2D eigenvalue weighted by Gasteiger charge is -2.09. The zero-order valence-corrected chi connectivity index (χ0v) is 11.8. The number of benzene rings is 1. The Morgan fingerprint density at radius 1 is 1.15 bits per heavy atom. The normalized spacial score (nSPS) is 11.2. The van der Waals surface area contributed by atoms with Crippen molar-refractivity contribution in [3.8, 4) is 11.3 Å². The van der Waals surface area contributed by atoms with E-state index in [9.17, 15) is 0 Å². The van der Waals surface area contributed by atoms with Crippen LogP contribution in [0, 0.1) is 13.8 Å². The summed E-state index contributed by atoms with van der Waals surface area (Å²) in [7, 11) is 0. The largest absolute Gasteiger partial charge is 0.346 e. The average Bonchev–Trinajstić information content (AvgIpc) is 2.82. The molecular formula is C16H18N4. The summed E-state index contributed by atoms with van der Waals surface area (Å²) in [5.74, 6) is 0.775. The molecule has 0 fully saturated rings. The molecule has 0 aliphatic rings. The number of fused-ring (bicyclic) bond motifs is 1. The third-order valence-electron chi connectivity index (χ3n) is 3.54. The summed E-state index contributed by atoms with van der Waals surface area (Å²) in [6, 6.07) is 8.30. The van der Waals surface area contributed by atoms with Gasteiger partial charge in [0, 0.05) is 17.1 Å². The fourth-order valence-corrected chi connectivity index (χ4v) is 2.59. The molecular weight excluding hydrogens is 248 g/mol. The Labute approximate surface area is 118 Å². The Hall–Kier alpha value is -2.20. The highest BCUT2D eigenvalue weighted by molar-refractivity contribution is 5.94. The van der Waals surface area contributed by atoms with Gasteiger partial charge in [-0.05, 0) is 37.9 Å². The van der Waals surface area contributed by atoms with Crippen molar-refractivity contribution in [3.05, 3.63) is 47.4 Å². The van der Waals surface area contributed by atoms with E-state index in [0.29, 0.717) is 6.54 Å². The number of nitrogens with one attached hydrogen (secondary N) is 1. The lowest BCUT2D eigenvalue weighted by molar-refractivity contribution is 0.975. The number of H-pyrrole nitrogens is 1. The quantitative estimate of drug-likeness (QED) is 0.766. The Morgan fingerprint density at radius 3 is 2.70 bits per heavy atom. The molecule has 3 N–H and O–H groups in total. The van der Waals surface area contributed by atoms with E-state index in [4.69, 9.17) is 5.73 Å². The lowest BCUT2D eigenvalue weighted by Crippen LogP contribution is -2.03. The highest BCUT2D eigenvalue weighted by atomic mass is 14.9. The van der Waals surface area contributed by atoms with Crippen LogP contribution in [0.5, 0.6) is 0 Å². The highest BCUT2D eigenvalue weighted by Crippen LogP contribution is 2.30. The molecule has 0 saturated carbocycles. The fourth-order valence-electron chi connectivity index (χ4n) is 2.59. The van der Waals surface area contributed by atoms with Crippen LogP contribution in [0.15, 0.2) is 30.5 Å². The summed E-state index contributed by atoms with van der Waals surface area (Å²) in [5, 5.41) is 1.09. The number of nitrogens with two attached hydrogens (primary N) is 1.